The fourth-order valence-electron chi connectivity index (χ4n) is 4.04. The van der Waals surface area contributed by atoms with Crippen molar-refractivity contribution in [1.29, 1.82) is 5.26 Å². The Morgan fingerprint density at radius 3 is 2.59 bits per heavy atom. The number of nitrogens with one attached hydrogen (secondary N) is 1. The second-order valence-corrected chi connectivity index (χ2v) is 6.90. The van der Waals surface area contributed by atoms with E-state index in [9.17, 15) is 4.79 Å². The highest BCUT2D eigenvalue weighted by atomic mass is 16.5. The summed E-state index contributed by atoms with van der Waals surface area (Å²) in [6, 6.07) is 2.65. The summed E-state index contributed by atoms with van der Waals surface area (Å²) < 4.78 is 5.76. The van der Waals surface area contributed by atoms with E-state index in [-0.39, 0.29) is 30.1 Å². The Kier molecular flexibility index (Phi) is 4.84. The van der Waals surface area contributed by atoms with Gasteiger partial charge in [0.15, 0.2) is 0 Å². The number of nitrogens with zero attached hydrogens (tertiary/aromatic N) is 2. The van der Waals surface area contributed by atoms with Crippen LogP contribution in [0.5, 0.6) is 0 Å². The van der Waals surface area contributed by atoms with E-state index >= 15 is 0 Å². The zero-order valence-corrected chi connectivity index (χ0v) is 13.0. The van der Waals surface area contributed by atoms with Crippen LogP contribution in [-0.2, 0) is 4.74 Å². The highest BCUT2D eigenvalue weighted by molar-refractivity contribution is 5.74. The van der Waals surface area contributed by atoms with Gasteiger partial charge in [0.05, 0.1) is 12.2 Å². The summed E-state index contributed by atoms with van der Waals surface area (Å²) in [6.45, 7) is 2.32. The van der Waals surface area contributed by atoms with E-state index in [2.05, 4.69) is 11.4 Å². The van der Waals surface area contributed by atoms with E-state index in [0.717, 1.165) is 58.2 Å². The second-order valence-electron chi connectivity index (χ2n) is 6.90. The van der Waals surface area contributed by atoms with Crippen LogP contribution in [0.2, 0.25) is 0 Å². The number of hydrogen-bond acceptors (Lipinski definition) is 4. The van der Waals surface area contributed by atoms with Crippen LogP contribution in [0.4, 0.5) is 4.79 Å². The summed E-state index contributed by atoms with van der Waals surface area (Å²) in [4.78, 5) is 14.2. The Morgan fingerprint density at radius 1 is 1.23 bits per heavy atom. The number of amides is 2. The third kappa shape index (κ3) is 3.36. The molecule has 0 spiro atoms. The highest BCUT2D eigenvalue weighted by Gasteiger charge is 2.36. The highest BCUT2D eigenvalue weighted by Crippen LogP contribution is 2.29. The standard InChI is InChI=1S/C16H26N4O2/c17-10-11-1-2-13(9-11)19-16(21)20-6-3-12(4-7-20)15-14(18)5-8-22-15/h11-15H,1-9,18H2,(H,19,21)/t11-,13+,14+,15-/m0/s1. The van der Waals surface area contributed by atoms with Crippen LogP contribution >= 0.6 is 0 Å². The molecule has 1 aliphatic carbocycles. The first-order chi connectivity index (χ1) is 10.7. The molecule has 0 bridgehead atoms. The second kappa shape index (κ2) is 6.84. The summed E-state index contributed by atoms with van der Waals surface area (Å²) in [5.41, 5.74) is 6.10. The summed E-state index contributed by atoms with van der Waals surface area (Å²) in [5.74, 6) is 0.591. The van der Waals surface area contributed by atoms with Crippen molar-refractivity contribution in [1.82, 2.24) is 10.2 Å². The molecule has 22 heavy (non-hydrogen) atoms. The zero-order valence-electron chi connectivity index (χ0n) is 13.0. The van der Waals surface area contributed by atoms with Crippen LogP contribution < -0.4 is 11.1 Å². The lowest BCUT2D eigenvalue weighted by atomic mass is 9.88. The number of urea groups is 1. The average molecular weight is 306 g/mol. The molecule has 2 heterocycles. The lowest BCUT2D eigenvalue weighted by Crippen LogP contribution is -2.49. The SMILES string of the molecule is N#C[C@H]1CC[C@@H](NC(=O)N2CCC([C@@H]3OCC[C@H]3N)CC2)C1. The van der Waals surface area contributed by atoms with Gasteiger partial charge in [0.25, 0.3) is 0 Å². The topological polar surface area (TPSA) is 91.4 Å². The maximum atomic E-state index is 12.3. The van der Waals surface area contributed by atoms with Crippen LogP contribution in [-0.4, -0.2) is 48.8 Å². The van der Waals surface area contributed by atoms with Crippen LogP contribution in [0.1, 0.15) is 38.5 Å². The molecule has 3 rings (SSSR count). The number of carbonyl (C=O) groups excluding carboxylic acids is 1. The first-order valence-electron chi connectivity index (χ1n) is 8.49. The predicted molar refractivity (Wildman–Crippen MR) is 81.9 cm³/mol. The van der Waals surface area contributed by atoms with Crippen LogP contribution in [0.15, 0.2) is 0 Å². The van der Waals surface area contributed by atoms with Gasteiger partial charge in [0.2, 0.25) is 0 Å². The summed E-state index contributed by atoms with van der Waals surface area (Å²) in [6.07, 6.45) is 5.69. The van der Waals surface area contributed by atoms with Gasteiger partial charge in [-0.05, 0) is 44.4 Å². The summed E-state index contributed by atoms with van der Waals surface area (Å²) >= 11 is 0. The van der Waals surface area contributed by atoms with Gasteiger partial charge in [-0.15, -0.1) is 0 Å². The Labute approximate surface area is 132 Å². The molecule has 122 valence electrons. The van der Waals surface area contributed by atoms with Crippen LogP contribution in [0, 0.1) is 23.2 Å². The van der Waals surface area contributed by atoms with Gasteiger partial charge in [-0.3, -0.25) is 0 Å². The third-order valence-electron chi connectivity index (χ3n) is 5.42. The number of nitriles is 1. The number of carbonyl (C=O) groups is 1. The molecule has 0 aromatic rings. The number of piperidine rings is 1. The molecule has 2 amide bonds. The van der Waals surface area contributed by atoms with Gasteiger partial charge in [-0.25, -0.2) is 4.79 Å². The molecule has 6 heteroatoms. The third-order valence-corrected chi connectivity index (χ3v) is 5.42. The molecule has 1 saturated carbocycles. The van der Waals surface area contributed by atoms with Crippen molar-refractivity contribution >= 4 is 6.03 Å². The van der Waals surface area contributed by atoms with Crippen molar-refractivity contribution < 1.29 is 9.53 Å². The normalized spacial score (nSPS) is 36.3. The van der Waals surface area contributed by atoms with Crippen molar-refractivity contribution in [2.75, 3.05) is 19.7 Å². The van der Waals surface area contributed by atoms with Crippen LogP contribution in [0.25, 0.3) is 0 Å². The smallest absolute Gasteiger partial charge is 0.317 e. The molecule has 2 aliphatic heterocycles. The quantitative estimate of drug-likeness (QED) is 0.802. The lowest BCUT2D eigenvalue weighted by Gasteiger charge is -2.36. The number of likely N-dealkylation sites (tertiary alicyclic amines) is 1. The molecular weight excluding hydrogens is 280 g/mol. The zero-order chi connectivity index (χ0) is 15.5. The maximum absolute atomic E-state index is 12.3. The van der Waals surface area contributed by atoms with Crippen molar-refractivity contribution in [3.63, 3.8) is 0 Å². The number of ether oxygens (including phenoxy) is 1. The monoisotopic (exact) mass is 306 g/mol. The average Bonchev–Trinajstić information content (AvgIpc) is 3.16. The first kappa shape index (κ1) is 15.6. The fraction of sp³-hybridized carbons (Fsp3) is 0.875. The Morgan fingerprint density at radius 2 is 2.00 bits per heavy atom. The van der Waals surface area contributed by atoms with Gasteiger partial charge in [-0.2, -0.15) is 5.26 Å². The molecule has 3 N–H and O–H groups in total. The van der Waals surface area contributed by atoms with Gasteiger partial charge < -0.3 is 20.7 Å². The number of rotatable bonds is 2. The van der Waals surface area contributed by atoms with Crippen molar-refractivity contribution in [2.45, 2.75) is 56.7 Å². The minimum atomic E-state index is 0.0266. The molecule has 4 atom stereocenters. The Balaban J connectivity index is 1.43. The largest absolute Gasteiger partial charge is 0.376 e. The molecule has 6 nitrogen and oxygen atoms in total. The van der Waals surface area contributed by atoms with Crippen molar-refractivity contribution in [3.8, 4) is 6.07 Å². The van der Waals surface area contributed by atoms with Crippen molar-refractivity contribution in [2.24, 2.45) is 17.6 Å². The van der Waals surface area contributed by atoms with E-state index in [1.165, 1.54) is 0 Å². The minimum absolute atomic E-state index is 0.0266. The minimum Gasteiger partial charge on any atom is -0.376 e. The van der Waals surface area contributed by atoms with E-state index in [0.29, 0.717) is 5.92 Å². The Bertz CT molecular complexity index is 442. The predicted octanol–water partition coefficient (Wildman–Crippen LogP) is 1.22. The molecular formula is C16H26N4O2. The molecule has 2 saturated heterocycles. The molecule has 0 radical (unpaired) electrons. The number of hydrogen-bond donors (Lipinski definition) is 2. The molecule has 3 aliphatic rings. The van der Waals surface area contributed by atoms with E-state index < -0.39 is 0 Å². The number of nitrogens with two attached hydrogens (primary N) is 1. The first-order valence-corrected chi connectivity index (χ1v) is 8.49. The van der Waals surface area contributed by atoms with Gasteiger partial charge >= 0.3 is 6.03 Å². The van der Waals surface area contributed by atoms with Gasteiger partial charge in [-0.1, -0.05) is 0 Å². The maximum Gasteiger partial charge on any atom is 0.317 e. The van der Waals surface area contributed by atoms with Crippen molar-refractivity contribution in [3.05, 3.63) is 0 Å². The summed E-state index contributed by atoms with van der Waals surface area (Å²) in [5, 5.41) is 12.0. The van der Waals surface area contributed by atoms with Gasteiger partial charge in [0.1, 0.15) is 0 Å². The fourth-order valence-corrected chi connectivity index (χ4v) is 4.04. The lowest BCUT2D eigenvalue weighted by molar-refractivity contribution is 0.0308. The molecule has 0 aromatic heterocycles. The van der Waals surface area contributed by atoms with E-state index in [1.54, 1.807) is 0 Å². The molecule has 3 fully saturated rings. The summed E-state index contributed by atoms with van der Waals surface area (Å²) in [7, 11) is 0. The van der Waals surface area contributed by atoms with Crippen LogP contribution in [0.3, 0.4) is 0 Å². The Hall–Kier alpha value is -1.32. The van der Waals surface area contributed by atoms with E-state index in [4.69, 9.17) is 15.7 Å². The van der Waals surface area contributed by atoms with E-state index in [1.807, 2.05) is 4.90 Å². The van der Waals surface area contributed by atoms with Gasteiger partial charge in [0, 0.05) is 37.7 Å². The molecule has 0 unspecified atom stereocenters. The molecule has 0 aromatic carbocycles.